The number of hydrogen-bond donors (Lipinski definition) is 0. The zero-order chi connectivity index (χ0) is 12.5. The Hall–Kier alpha value is -1.19. The fourth-order valence-electron chi connectivity index (χ4n) is 2.42. The number of fused-ring (bicyclic) bond motifs is 1. The van der Waals surface area contributed by atoms with Crippen LogP contribution in [0.2, 0.25) is 0 Å². The summed E-state index contributed by atoms with van der Waals surface area (Å²) in [6.07, 6.45) is 3.48. The Bertz CT molecular complexity index is 598. The zero-order valence-corrected chi connectivity index (χ0v) is 11.8. The molecule has 1 aromatic carbocycles. The number of nitrogens with zero attached hydrogens (tertiary/aromatic N) is 2. The van der Waals surface area contributed by atoms with Crippen LogP contribution in [0.1, 0.15) is 23.9 Å². The van der Waals surface area contributed by atoms with Gasteiger partial charge in [0.2, 0.25) is 0 Å². The highest BCUT2D eigenvalue weighted by Gasteiger charge is 2.15. The van der Waals surface area contributed by atoms with E-state index >= 15 is 0 Å². The Morgan fingerprint density at radius 2 is 2.28 bits per heavy atom. The molecule has 18 heavy (non-hydrogen) atoms. The van der Waals surface area contributed by atoms with E-state index in [9.17, 15) is 0 Å². The fraction of sp³-hybridized carbons (Fsp3) is 0.400. The lowest BCUT2D eigenvalue weighted by molar-refractivity contribution is 0.318. The molecule has 0 aliphatic carbocycles. The first-order valence-corrected chi connectivity index (χ1v) is 7.37. The summed E-state index contributed by atoms with van der Waals surface area (Å²) >= 11 is 1.83. The number of likely N-dealkylation sites (N-methyl/N-ethyl adjacent to an activating group) is 1. The van der Waals surface area contributed by atoms with Crippen LogP contribution in [0.3, 0.4) is 0 Å². The predicted octanol–water partition coefficient (Wildman–Crippen LogP) is 3.71. The van der Waals surface area contributed by atoms with Crippen molar-refractivity contribution in [2.45, 2.75) is 20.3 Å². The molecule has 2 aromatic rings. The van der Waals surface area contributed by atoms with Gasteiger partial charge in [-0.2, -0.15) is 0 Å². The van der Waals surface area contributed by atoms with Crippen LogP contribution in [0.4, 0.5) is 0 Å². The lowest BCUT2D eigenvalue weighted by atomic mass is 10.1. The summed E-state index contributed by atoms with van der Waals surface area (Å²) in [5.74, 6) is 0. The van der Waals surface area contributed by atoms with Crippen LogP contribution in [0.15, 0.2) is 24.3 Å². The van der Waals surface area contributed by atoms with Crippen molar-refractivity contribution in [1.29, 1.82) is 0 Å². The van der Waals surface area contributed by atoms with Crippen LogP contribution >= 0.6 is 11.3 Å². The van der Waals surface area contributed by atoms with Crippen LogP contribution in [0, 0.1) is 6.92 Å². The van der Waals surface area contributed by atoms with E-state index < -0.39 is 0 Å². The molecular weight excluding hydrogens is 240 g/mol. The molecule has 1 aliphatic heterocycles. The highest BCUT2D eigenvalue weighted by molar-refractivity contribution is 7.19. The summed E-state index contributed by atoms with van der Waals surface area (Å²) < 4.78 is 1.31. The monoisotopic (exact) mass is 258 g/mol. The average Bonchev–Trinajstić information content (AvgIpc) is 2.84. The first-order chi connectivity index (χ1) is 8.78. The molecular formula is C15H18N2S. The average molecular weight is 258 g/mol. The van der Waals surface area contributed by atoms with Gasteiger partial charge in [-0.1, -0.05) is 25.1 Å². The summed E-state index contributed by atoms with van der Waals surface area (Å²) in [7, 11) is 0. The molecule has 0 atom stereocenters. The molecule has 94 valence electrons. The Labute approximate surface area is 112 Å². The molecule has 0 spiro atoms. The molecule has 3 heteroatoms. The second-order valence-corrected chi connectivity index (χ2v) is 5.84. The van der Waals surface area contributed by atoms with Crippen LogP contribution < -0.4 is 0 Å². The van der Waals surface area contributed by atoms with E-state index in [1.165, 1.54) is 26.4 Å². The minimum atomic E-state index is 1.07. The molecule has 0 N–H and O–H groups in total. The van der Waals surface area contributed by atoms with Crippen LogP contribution in [0.5, 0.6) is 0 Å². The molecule has 1 aliphatic rings. The summed E-state index contributed by atoms with van der Waals surface area (Å²) in [6.45, 7) is 7.74. The minimum Gasteiger partial charge on any atom is -0.300 e. The Morgan fingerprint density at radius 3 is 2.94 bits per heavy atom. The van der Waals surface area contributed by atoms with E-state index in [0.717, 1.165) is 26.1 Å². The number of para-hydroxylation sites is 1. The van der Waals surface area contributed by atoms with Gasteiger partial charge in [-0.15, -0.1) is 11.3 Å². The molecule has 0 amide bonds. The fourth-order valence-corrected chi connectivity index (χ4v) is 3.53. The van der Waals surface area contributed by atoms with Crippen molar-refractivity contribution in [3.8, 4) is 0 Å². The standard InChI is InChI=1S/C15H18N2S/c1-3-17-9-7-12(8-10-17)15-16-14-11(2)5-4-6-13(14)18-15/h4-7H,3,8-10H2,1-2H3. The molecule has 2 heterocycles. The van der Waals surface area contributed by atoms with Crippen LogP contribution in [-0.2, 0) is 0 Å². The second kappa shape index (κ2) is 4.82. The molecule has 0 fully saturated rings. The minimum absolute atomic E-state index is 1.07. The Morgan fingerprint density at radius 1 is 1.39 bits per heavy atom. The number of aryl methyl sites for hydroxylation is 1. The number of hydrogen-bond acceptors (Lipinski definition) is 3. The Kier molecular flexibility index (Phi) is 3.18. The predicted molar refractivity (Wildman–Crippen MR) is 79.1 cm³/mol. The van der Waals surface area contributed by atoms with Gasteiger partial charge in [-0.3, -0.25) is 4.90 Å². The molecule has 0 bridgehead atoms. The molecule has 0 unspecified atom stereocenters. The molecule has 0 saturated heterocycles. The largest absolute Gasteiger partial charge is 0.300 e. The summed E-state index contributed by atoms with van der Waals surface area (Å²) in [5, 5.41) is 1.22. The number of aromatic nitrogens is 1. The van der Waals surface area contributed by atoms with E-state index in [-0.39, 0.29) is 0 Å². The van der Waals surface area contributed by atoms with Crippen molar-refractivity contribution in [3.05, 3.63) is 34.8 Å². The summed E-state index contributed by atoms with van der Waals surface area (Å²) in [4.78, 5) is 7.28. The topological polar surface area (TPSA) is 16.1 Å². The van der Waals surface area contributed by atoms with E-state index in [1.54, 1.807) is 0 Å². The third kappa shape index (κ3) is 2.08. The van der Waals surface area contributed by atoms with Gasteiger partial charge in [-0.25, -0.2) is 4.98 Å². The second-order valence-electron chi connectivity index (χ2n) is 4.81. The van der Waals surface area contributed by atoms with Gasteiger partial charge in [0.15, 0.2) is 0 Å². The zero-order valence-electron chi connectivity index (χ0n) is 10.9. The summed E-state index contributed by atoms with van der Waals surface area (Å²) in [5.41, 5.74) is 3.89. The summed E-state index contributed by atoms with van der Waals surface area (Å²) in [6, 6.07) is 6.43. The van der Waals surface area contributed by atoms with Gasteiger partial charge >= 0.3 is 0 Å². The first-order valence-electron chi connectivity index (χ1n) is 6.56. The SMILES string of the molecule is CCN1CC=C(c2nc3c(C)cccc3s2)CC1. The van der Waals surface area contributed by atoms with Gasteiger partial charge in [0.25, 0.3) is 0 Å². The van der Waals surface area contributed by atoms with Crippen LogP contribution in [0.25, 0.3) is 15.8 Å². The highest BCUT2D eigenvalue weighted by Crippen LogP contribution is 2.31. The van der Waals surface area contributed by atoms with Gasteiger partial charge in [0.05, 0.1) is 10.2 Å². The van der Waals surface area contributed by atoms with Crippen LogP contribution in [-0.4, -0.2) is 29.5 Å². The van der Waals surface area contributed by atoms with Gasteiger partial charge in [0, 0.05) is 13.1 Å². The number of rotatable bonds is 2. The van der Waals surface area contributed by atoms with Crippen molar-refractivity contribution in [2.24, 2.45) is 0 Å². The molecule has 3 rings (SSSR count). The van der Waals surface area contributed by atoms with Crippen molar-refractivity contribution in [2.75, 3.05) is 19.6 Å². The van der Waals surface area contributed by atoms with E-state index in [4.69, 9.17) is 4.98 Å². The molecule has 1 aromatic heterocycles. The molecule has 0 radical (unpaired) electrons. The lowest BCUT2D eigenvalue weighted by Gasteiger charge is -2.23. The molecule has 0 saturated carbocycles. The van der Waals surface area contributed by atoms with E-state index in [1.807, 2.05) is 11.3 Å². The third-order valence-corrected chi connectivity index (χ3v) is 4.73. The van der Waals surface area contributed by atoms with Crippen molar-refractivity contribution < 1.29 is 0 Å². The van der Waals surface area contributed by atoms with Gasteiger partial charge in [-0.05, 0) is 37.1 Å². The quantitative estimate of drug-likeness (QED) is 0.816. The highest BCUT2D eigenvalue weighted by atomic mass is 32.1. The van der Waals surface area contributed by atoms with Gasteiger partial charge in [0.1, 0.15) is 5.01 Å². The van der Waals surface area contributed by atoms with Crippen molar-refractivity contribution in [3.63, 3.8) is 0 Å². The first kappa shape index (κ1) is 11.9. The third-order valence-electron chi connectivity index (χ3n) is 3.64. The van der Waals surface area contributed by atoms with Gasteiger partial charge < -0.3 is 0 Å². The van der Waals surface area contributed by atoms with E-state index in [2.05, 4.69) is 43.0 Å². The maximum absolute atomic E-state index is 4.82. The maximum Gasteiger partial charge on any atom is 0.120 e. The number of thiazole rings is 1. The lowest BCUT2D eigenvalue weighted by Crippen LogP contribution is -2.27. The maximum atomic E-state index is 4.82. The van der Waals surface area contributed by atoms with Crippen molar-refractivity contribution >= 4 is 27.1 Å². The molecule has 2 nitrogen and oxygen atoms in total. The number of benzene rings is 1. The smallest absolute Gasteiger partial charge is 0.120 e. The Balaban J connectivity index is 1.96. The van der Waals surface area contributed by atoms with Crippen molar-refractivity contribution in [1.82, 2.24) is 9.88 Å². The van der Waals surface area contributed by atoms with E-state index in [0.29, 0.717) is 0 Å². The normalized spacial score (nSPS) is 17.1.